The third-order valence-electron chi connectivity index (χ3n) is 2.70. The second-order valence-corrected chi connectivity index (χ2v) is 3.88. The average Bonchev–Trinajstić information content (AvgIpc) is 2.57. The highest BCUT2D eigenvalue weighted by Gasteiger charge is 2.13. The summed E-state index contributed by atoms with van der Waals surface area (Å²) < 4.78 is 7.65. The molecule has 0 bridgehead atoms. The van der Waals surface area contributed by atoms with Crippen LogP contribution < -0.4 is 10.5 Å². The number of hydrogen-bond donors (Lipinski definition) is 1. The molecule has 0 unspecified atom stereocenters. The number of hydrogen-bond acceptors (Lipinski definition) is 4. The van der Waals surface area contributed by atoms with Crippen LogP contribution in [0.5, 0.6) is 11.5 Å². The first-order chi connectivity index (χ1) is 8.13. The summed E-state index contributed by atoms with van der Waals surface area (Å²) in [5, 5.41) is 4.30. The van der Waals surface area contributed by atoms with Gasteiger partial charge in [0.2, 0.25) is 0 Å². The van der Waals surface area contributed by atoms with Crippen molar-refractivity contribution in [3.05, 3.63) is 35.4 Å². The van der Waals surface area contributed by atoms with E-state index in [4.69, 9.17) is 10.5 Å². The van der Waals surface area contributed by atoms with E-state index in [9.17, 15) is 0 Å². The number of aryl methyl sites for hydroxylation is 2. The van der Waals surface area contributed by atoms with Crippen molar-refractivity contribution in [1.82, 2.24) is 14.8 Å². The Kier molecular flexibility index (Phi) is 3.10. The maximum absolute atomic E-state index is 5.86. The number of aromatic nitrogens is 3. The summed E-state index contributed by atoms with van der Waals surface area (Å²) in [6.07, 6.45) is 1.71. The normalized spacial score (nSPS) is 10.6. The smallest absolute Gasteiger partial charge is 0.171 e. The molecule has 0 fully saturated rings. The van der Waals surface area contributed by atoms with Gasteiger partial charge in [-0.3, -0.25) is 9.67 Å². The zero-order valence-electron chi connectivity index (χ0n) is 10.3. The lowest BCUT2D eigenvalue weighted by atomic mass is 10.3. The first-order valence-electron chi connectivity index (χ1n) is 5.45. The predicted molar refractivity (Wildman–Crippen MR) is 64.9 cm³/mol. The van der Waals surface area contributed by atoms with Crippen molar-refractivity contribution in [2.24, 2.45) is 12.8 Å². The summed E-state index contributed by atoms with van der Waals surface area (Å²) in [6.45, 7) is 4.24. The standard InChI is InChI=1S/C12H16N4O/c1-8-12(9(2)16(3)15-8)17-11-5-4-6-14-10(11)7-13/h4-6H,7,13H2,1-3H3. The Morgan fingerprint density at radius 1 is 1.41 bits per heavy atom. The fourth-order valence-corrected chi connectivity index (χ4v) is 1.68. The summed E-state index contributed by atoms with van der Waals surface area (Å²) in [4.78, 5) is 4.18. The Balaban J connectivity index is 2.38. The van der Waals surface area contributed by atoms with Crippen molar-refractivity contribution in [2.75, 3.05) is 0 Å². The first-order valence-corrected chi connectivity index (χ1v) is 5.45. The predicted octanol–water partition coefficient (Wildman–Crippen LogP) is 1.68. The maximum Gasteiger partial charge on any atom is 0.171 e. The van der Waals surface area contributed by atoms with Gasteiger partial charge in [0, 0.05) is 19.8 Å². The van der Waals surface area contributed by atoms with Crippen molar-refractivity contribution in [3.8, 4) is 11.5 Å². The van der Waals surface area contributed by atoms with Gasteiger partial charge in [0.1, 0.15) is 11.4 Å². The largest absolute Gasteiger partial charge is 0.452 e. The lowest BCUT2D eigenvalue weighted by Gasteiger charge is -2.08. The second kappa shape index (κ2) is 4.55. The van der Waals surface area contributed by atoms with Crippen LogP contribution in [-0.4, -0.2) is 14.8 Å². The monoisotopic (exact) mass is 232 g/mol. The molecule has 0 radical (unpaired) electrons. The third kappa shape index (κ3) is 2.14. The molecule has 2 aromatic heterocycles. The van der Waals surface area contributed by atoms with E-state index in [0.717, 1.165) is 22.8 Å². The molecule has 0 aromatic carbocycles. The van der Waals surface area contributed by atoms with Gasteiger partial charge in [-0.25, -0.2) is 0 Å². The van der Waals surface area contributed by atoms with Gasteiger partial charge < -0.3 is 10.5 Å². The van der Waals surface area contributed by atoms with Crippen LogP contribution in [-0.2, 0) is 13.6 Å². The molecule has 0 spiro atoms. The van der Waals surface area contributed by atoms with Crippen LogP contribution in [0.25, 0.3) is 0 Å². The Hall–Kier alpha value is -1.88. The zero-order chi connectivity index (χ0) is 12.4. The molecule has 0 aliphatic carbocycles. The Labute approximate surface area is 100 Å². The molecule has 2 rings (SSSR count). The molecule has 0 aliphatic heterocycles. The minimum Gasteiger partial charge on any atom is -0.452 e. The van der Waals surface area contributed by atoms with E-state index in [0.29, 0.717) is 12.3 Å². The molecule has 2 heterocycles. The van der Waals surface area contributed by atoms with Crippen LogP contribution in [0.2, 0.25) is 0 Å². The summed E-state index contributed by atoms with van der Waals surface area (Å²) in [5.74, 6) is 1.46. The van der Waals surface area contributed by atoms with Crippen LogP contribution in [0.3, 0.4) is 0 Å². The van der Waals surface area contributed by atoms with Crippen LogP contribution in [0.1, 0.15) is 17.1 Å². The van der Waals surface area contributed by atoms with Gasteiger partial charge in [0.05, 0.1) is 11.4 Å². The number of ether oxygens (including phenoxy) is 1. The second-order valence-electron chi connectivity index (χ2n) is 3.88. The fourth-order valence-electron chi connectivity index (χ4n) is 1.68. The third-order valence-corrected chi connectivity index (χ3v) is 2.70. The van der Waals surface area contributed by atoms with Gasteiger partial charge in [-0.15, -0.1) is 0 Å². The van der Waals surface area contributed by atoms with Gasteiger partial charge in [-0.05, 0) is 26.0 Å². The number of nitrogens with zero attached hydrogens (tertiary/aromatic N) is 3. The van der Waals surface area contributed by atoms with Crippen LogP contribution in [0.4, 0.5) is 0 Å². The molecule has 0 amide bonds. The van der Waals surface area contributed by atoms with E-state index in [-0.39, 0.29) is 0 Å². The number of rotatable bonds is 3. The molecule has 5 nitrogen and oxygen atoms in total. The fraction of sp³-hybridized carbons (Fsp3) is 0.333. The Morgan fingerprint density at radius 2 is 2.18 bits per heavy atom. The molecule has 17 heavy (non-hydrogen) atoms. The molecule has 0 saturated heterocycles. The zero-order valence-corrected chi connectivity index (χ0v) is 10.3. The highest BCUT2D eigenvalue weighted by Crippen LogP contribution is 2.29. The molecule has 0 atom stereocenters. The summed E-state index contributed by atoms with van der Waals surface area (Å²) in [7, 11) is 1.89. The summed E-state index contributed by atoms with van der Waals surface area (Å²) in [6, 6.07) is 3.69. The molecule has 0 saturated carbocycles. The number of nitrogens with two attached hydrogens (primary N) is 1. The number of pyridine rings is 1. The van der Waals surface area contributed by atoms with E-state index in [1.165, 1.54) is 0 Å². The lowest BCUT2D eigenvalue weighted by molar-refractivity contribution is 0.464. The first kappa shape index (κ1) is 11.6. The molecule has 90 valence electrons. The molecule has 0 aliphatic rings. The van der Waals surface area contributed by atoms with Gasteiger partial charge in [0.15, 0.2) is 5.75 Å². The van der Waals surface area contributed by atoms with Crippen molar-refractivity contribution < 1.29 is 4.74 Å². The van der Waals surface area contributed by atoms with Crippen molar-refractivity contribution in [1.29, 1.82) is 0 Å². The molecular formula is C12H16N4O. The van der Waals surface area contributed by atoms with Crippen LogP contribution in [0.15, 0.2) is 18.3 Å². The van der Waals surface area contributed by atoms with Gasteiger partial charge in [0.25, 0.3) is 0 Å². The summed E-state index contributed by atoms with van der Waals surface area (Å²) >= 11 is 0. The van der Waals surface area contributed by atoms with Crippen molar-refractivity contribution in [2.45, 2.75) is 20.4 Å². The SMILES string of the molecule is Cc1nn(C)c(C)c1Oc1cccnc1CN. The minimum atomic E-state index is 0.356. The Morgan fingerprint density at radius 3 is 2.76 bits per heavy atom. The summed E-state index contributed by atoms with van der Waals surface area (Å²) in [5.41, 5.74) is 8.21. The van der Waals surface area contributed by atoms with Gasteiger partial charge >= 0.3 is 0 Å². The average molecular weight is 232 g/mol. The Bertz CT molecular complexity index is 533. The highest BCUT2D eigenvalue weighted by atomic mass is 16.5. The molecular weight excluding hydrogens is 216 g/mol. The van der Waals surface area contributed by atoms with Gasteiger partial charge in [-0.2, -0.15) is 5.10 Å². The van der Waals surface area contributed by atoms with E-state index >= 15 is 0 Å². The van der Waals surface area contributed by atoms with Crippen LogP contribution >= 0.6 is 0 Å². The topological polar surface area (TPSA) is 66.0 Å². The van der Waals surface area contributed by atoms with E-state index in [1.807, 2.05) is 33.0 Å². The minimum absolute atomic E-state index is 0.356. The van der Waals surface area contributed by atoms with Crippen molar-refractivity contribution in [3.63, 3.8) is 0 Å². The molecule has 5 heteroatoms. The molecule has 2 N–H and O–H groups in total. The van der Waals surface area contributed by atoms with E-state index in [2.05, 4.69) is 10.1 Å². The highest BCUT2D eigenvalue weighted by molar-refractivity contribution is 5.38. The quantitative estimate of drug-likeness (QED) is 0.874. The van der Waals surface area contributed by atoms with Gasteiger partial charge in [-0.1, -0.05) is 0 Å². The maximum atomic E-state index is 5.86. The van der Waals surface area contributed by atoms with Crippen molar-refractivity contribution >= 4 is 0 Å². The van der Waals surface area contributed by atoms with Crippen LogP contribution in [0, 0.1) is 13.8 Å². The van der Waals surface area contributed by atoms with E-state index < -0.39 is 0 Å². The van der Waals surface area contributed by atoms with E-state index in [1.54, 1.807) is 10.9 Å². The lowest BCUT2D eigenvalue weighted by Crippen LogP contribution is -2.02. The molecule has 2 aromatic rings.